The largest absolute Gasteiger partial charge is 0.348 e. The van der Waals surface area contributed by atoms with Gasteiger partial charge in [0.15, 0.2) is 0 Å². The van der Waals surface area contributed by atoms with E-state index in [-0.39, 0.29) is 11.9 Å². The molecular weight excluding hydrogens is 374 g/mol. The Bertz CT molecular complexity index is 916. The highest BCUT2D eigenvalue weighted by Gasteiger charge is 2.20. The zero-order chi connectivity index (χ0) is 20.8. The third kappa shape index (κ3) is 5.34. The molecule has 156 valence electrons. The number of benzene rings is 2. The number of rotatable bonds is 7. The van der Waals surface area contributed by atoms with Crippen molar-refractivity contribution in [3.63, 3.8) is 0 Å². The van der Waals surface area contributed by atoms with Gasteiger partial charge in [-0.15, -0.1) is 0 Å². The van der Waals surface area contributed by atoms with Crippen LogP contribution in [0.15, 0.2) is 73.3 Å². The minimum absolute atomic E-state index is 0.0197. The second-order valence-electron chi connectivity index (χ2n) is 7.89. The van der Waals surface area contributed by atoms with Crippen molar-refractivity contribution in [1.29, 1.82) is 0 Å². The average Bonchev–Trinajstić information content (AvgIpc) is 3.31. The molecule has 0 radical (unpaired) electrons. The fraction of sp³-hybridized carbons (Fsp3) is 0.333. The minimum Gasteiger partial charge on any atom is -0.348 e. The van der Waals surface area contributed by atoms with Gasteiger partial charge in [0.1, 0.15) is 0 Å². The summed E-state index contributed by atoms with van der Waals surface area (Å²) < 4.78 is 1.96. The number of carbonyl (C=O) groups is 1. The Morgan fingerprint density at radius 1 is 1.00 bits per heavy atom. The zero-order valence-electron chi connectivity index (χ0n) is 17.4. The minimum atomic E-state index is -0.0197. The predicted molar refractivity (Wildman–Crippen MR) is 118 cm³/mol. The summed E-state index contributed by atoms with van der Waals surface area (Å²) in [5.74, 6) is 0.0812. The monoisotopic (exact) mass is 403 g/mol. The van der Waals surface area contributed by atoms with Crippen LogP contribution in [0.3, 0.4) is 0 Å². The molecule has 3 aromatic rings. The molecule has 1 unspecified atom stereocenters. The molecule has 0 saturated carbocycles. The fourth-order valence-corrected chi connectivity index (χ4v) is 3.87. The van der Waals surface area contributed by atoms with Crippen LogP contribution in [0.2, 0.25) is 0 Å². The maximum atomic E-state index is 12.5. The molecule has 0 aliphatic carbocycles. The van der Waals surface area contributed by atoms with Crippen molar-refractivity contribution in [3.8, 4) is 5.69 Å². The van der Waals surface area contributed by atoms with E-state index in [0.29, 0.717) is 6.54 Å². The molecule has 1 saturated heterocycles. The fourth-order valence-electron chi connectivity index (χ4n) is 3.87. The van der Waals surface area contributed by atoms with Crippen molar-refractivity contribution >= 4 is 5.91 Å². The van der Waals surface area contributed by atoms with Crippen molar-refractivity contribution < 1.29 is 4.79 Å². The molecule has 1 N–H and O–H groups in total. The van der Waals surface area contributed by atoms with Gasteiger partial charge in [-0.05, 0) is 30.2 Å². The number of imidazole rings is 1. The zero-order valence-corrected chi connectivity index (χ0v) is 17.4. The molecule has 0 bridgehead atoms. The molecule has 1 fully saturated rings. The highest BCUT2D eigenvalue weighted by atomic mass is 16.2. The first-order valence-electron chi connectivity index (χ1n) is 10.5. The summed E-state index contributed by atoms with van der Waals surface area (Å²) >= 11 is 0. The summed E-state index contributed by atoms with van der Waals surface area (Å²) in [6.45, 7) is 7.30. The van der Waals surface area contributed by atoms with Crippen LogP contribution in [0.4, 0.5) is 0 Å². The van der Waals surface area contributed by atoms with Crippen LogP contribution in [-0.2, 0) is 11.3 Å². The molecule has 4 rings (SSSR count). The quantitative estimate of drug-likeness (QED) is 0.659. The molecule has 30 heavy (non-hydrogen) atoms. The van der Waals surface area contributed by atoms with E-state index in [1.165, 1.54) is 5.56 Å². The van der Waals surface area contributed by atoms with Gasteiger partial charge in [-0.25, -0.2) is 4.98 Å². The average molecular weight is 404 g/mol. The van der Waals surface area contributed by atoms with Gasteiger partial charge in [-0.2, -0.15) is 0 Å². The first-order chi connectivity index (χ1) is 14.7. The Kier molecular flexibility index (Phi) is 6.57. The van der Waals surface area contributed by atoms with Crippen molar-refractivity contribution in [2.24, 2.45) is 0 Å². The lowest BCUT2D eigenvalue weighted by Gasteiger charge is -2.34. The van der Waals surface area contributed by atoms with Crippen molar-refractivity contribution in [1.82, 2.24) is 24.7 Å². The molecule has 1 aromatic heterocycles. The number of nitrogens with one attached hydrogen (secondary N) is 1. The Balaban J connectivity index is 1.22. The number of amides is 1. The van der Waals surface area contributed by atoms with Crippen LogP contribution in [-0.4, -0.2) is 58.0 Å². The van der Waals surface area contributed by atoms with Crippen molar-refractivity contribution in [2.45, 2.75) is 19.5 Å². The lowest BCUT2D eigenvalue weighted by molar-refractivity contribution is -0.123. The van der Waals surface area contributed by atoms with Gasteiger partial charge in [0.05, 0.1) is 18.9 Å². The highest BCUT2D eigenvalue weighted by Crippen LogP contribution is 2.16. The van der Waals surface area contributed by atoms with E-state index in [1.54, 1.807) is 12.5 Å². The lowest BCUT2D eigenvalue weighted by atomic mass is 10.1. The Morgan fingerprint density at radius 3 is 2.37 bits per heavy atom. The van der Waals surface area contributed by atoms with Gasteiger partial charge >= 0.3 is 0 Å². The molecular formula is C24H29N5O. The normalized spacial score (nSPS) is 16.3. The standard InChI is InChI=1S/C24H29N5O/c1-20(22-7-9-23(10-8-22)29-12-11-25-19-29)26-24(30)18-28-15-13-27(14-16-28)17-21-5-3-2-4-6-21/h2-12,19-20H,13-18H2,1H3,(H,26,30). The summed E-state index contributed by atoms with van der Waals surface area (Å²) in [6.07, 6.45) is 5.46. The van der Waals surface area contributed by atoms with Crippen molar-refractivity contribution in [2.75, 3.05) is 32.7 Å². The first-order valence-corrected chi connectivity index (χ1v) is 10.5. The van der Waals surface area contributed by atoms with Gasteiger partial charge in [0.2, 0.25) is 5.91 Å². The summed E-state index contributed by atoms with van der Waals surface area (Å²) in [5, 5.41) is 3.14. The van der Waals surface area contributed by atoms with E-state index in [1.807, 2.05) is 29.8 Å². The van der Waals surface area contributed by atoms with Gasteiger partial charge in [-0.3, -0.25) is 14.6 Å². The molecule has 2 heterocycles. The van der Waals surface area contributed by atoms with Crippen LogP contribution < -0.4 is 5.32 Å². The summed E-state index contributed by atoms with van der Waals surface area (Å²) in [5.41, 5.74) is 3.50. The molecule has 1 atom stereocenters. The third-order valence-electron chi connectivity index (χ3n) is 5.65. The van der Waals surface area contributed by atoms with Crippen LogP contribution in [0.1, 0.15) is 24.1 Å². The summed E-state index contributed by atoms with van der Waals surface area (Å²) in [7, 11) is 0. The predicted octanol–water partition coefficient (Wildman–Crippen LogP) is 2.87. The molecule has 1 amide bonds. The van der Waals surface area contributed by atoms with E-state index < -0.39 is 0 Å². The van der Waals surface area contributed by atoms with E-state index >= 15 is 0 Å². The molecule has 0 spiro atoms. The van der Waals surface area contributed by atoms with Gasteiger partial charge < -0.3 is 9.88 Å². The number of hydrogen-bond donors (Lipinski definition) is 1. The maximum Gasteiger partial charge on any atom is 0.234 e. The van der Waals surface area contributed by atoms with Crippen LogP contribution >= 0.6 is 0 Å². The Hall–Kier alpha value is -2.96. The van der Waals surface area contributed by atoms with Crippen LogP contribution in [0, 0.1) is 0 Å². The molecule has 6 heteroatoms. The second kappa shape index (κ2) is 9.69. The summed E-state index contributed by atoms with van der Waals surface area (Å²) in [6, 6.07) is 18.8. The van der Waals surface area contributed by atoms with E-state index in [0.717, 1.165) is 44.0 Å². The summed E-state index contributed by atoms with van der Waals surface area (Å²) in [4.78, 5) is 21.3. The molecule has 1 aliphatic rings. The number of aromatic nitrogens is 2. The Morgan fingerprint density at radius 2 is 1.70 bits per heavy atom. The van der Waals surface area contributed by atoms with Crippen LogP contribution in [0.5, 0.6) is 0 Å². The number of nitrogens with zero attached hydrogens (tertiary/aromatic N) is 4. The van der Waals surface area contributed by atoms with Gasteiger partial charge in [-0.1, -0.05) is 42.5 Å². The molecule has 1 aliphatic heterocycles. The van der Waals surface area contributed by atoms with Gasteiger partial charge in [0.25, 0.3) is 0 Å². The third-order valence-corrected chi connectivity index (χ3v) is 5.65. The van der Waals surface area contributed by atoms with Crippen LogP contribution in [0.25, 0.3) is 5.69 Å². The highest BCUT2D eigenvalue weighted by molar-refractivity contribution is 5.78. The van der Waals surface area contributed by atoms with E-state index in [2.05, 4.69) is 62.6 Å². The number of hydrogen-bond acceptors (Lipinski definition) is 4. The van der Waals surface area contributed by atoms with E-state index in [9.17, 15) is 4.79 Å². The van der Waals surface area contributed by atoms with Crippen molar-refractivity contribution in [3.05, 3.63) is 84.4 Å². The number of piperazine rings is 1. The first kappa shape index (κ1) is 20.3. The second-order valence-corrected chi connectivity index (χ2v) is 7.89. The lowest BCUT2D eigenvalue weighted by Crippen LogP contribution is -2.49. The number of carbonyl (C=O) groups excluding carboxylic acids is 1. The molecule has 6 nitrogen and oxygen atoms in total. The van der Waals surface area contributed by atoms with Gasteiger partial charge in [0, 0.05) is 50.8 Å². The molecule has 2 aromatic carbocycles. The van der Waals surface area contributed by atoms with E-state index in [4.69, 9.17) is 0 Å². The maximum absolute atomic E-state index is 12.5. The topological polar surface area (TPSA) is 53.4 Å². The Labute approximate surface area is 178 Å². The SMILES string of the molecule is CC(NC(=O)CN1CCN(Cc2ccccc2)CC1)c1ccc(-n2ccnc2)cc1. The smallest absolute Gasteiger partial charge is 0.234 e.